The van der Waals surface area contributed by atoms with E-state index in [9.17, 15) is 13.6 Å². The molecule has 0 saturated heterocycles. The minimum absolute atomic E-state index is 0.266. The molecular formula is C24H21F2N2O. The van der Waals surface area contributed by atoms with Gasteiger partial charge in [0.15, 0.2) is 0 Å². The van der Waals surface area contributed by atoms with Crippen molar-refractivity contribution in [3.8, 4) is 0 Å². The summed E-state index contributed by atoms with van der Waals surface area (Å²) in [7, 11) is 0. The van der Waals surface area contributed by atoms with Crippen molar-refractivity contribution in [3.05, 3.63) is 82.9 Å². The van der Waals surface area contributed by atoms with Gasteiger partial charge in [0.1, 0.15) is 11.6 Å². The molecule has 1 heterocycles. The first-order valence-electron chi connectivity index (χ1n) is 9.68. The van der Waals surface area contributed by atoms with Crippen molar-refractivity contribution in [2.24, 2.45) is 5.73 Å². The maximum absolute atomic E-state index is 13.7. The maximum atomic E-state index is 13.7. The third kappa shape index (κ3) is 3.60. The lowest BCUT2D eigenvalue weighted by Crippen LogP contribution is -2.11. The number of amides is 1. The predicted octanol–water partition coefficient (Wildman–Crippen LogP) is 5.36. The fraction of sp³-hybridized carbons (Fsp3) is 0.208. The van der Waals surface area contributed by atoms with Gasteiger partial charge in [-0.25, -0.2) is 8.78 Å². The Kier molecular flexibility index (Phi) is 5.05. The van der Waals surface area contributed by atoms with Crippen LogP contribution in [0, 0.1) is 17.7 Å². The molecular weight excluding hydrogens is 370 g/mol. The summed E-state index contributed by atoms with van der Waals surface area (Å²) in [4.78, 5) is 12.0. The smallest absolute Gasteiger partial charge is 0.249 e. The first-order chi connectivity index (χ1) is 14.0. The highest BCUT2D eigenvalue weighted by Crippen LogP contribution is 2.33. The minimum atomic E-state index is -0.617. The summed E-state index contributed by atoms with van der Waals surface area (Å²) in [6, 6.07) is 16.2. The average molecular weight is 391 g/mol. The lowest BCUT2D eigenvalue weighted by atomic mass is 10.0. The van der Waals surface area contributed by atoms with Gasteiger partial charge in [0.25, 0.3) is 0 Å². The monoisotopic (exact) mass is 391 g/mol. The molecule has 0 atom stereocenters. The molecule has 0 aliphatic heterocycles. The molecule has 3 aromatic carbocycles. The van der Waals surface area contributed by atoms with Crippen LogP contribution in [0.4, 0.5) is 8.78 Å². The molecule has 2 N–H and O–H groups in total. The largest absolute Gasteiger partial charge is 0.366 e. The van der Waals surface area contributed by atoms with Gasteiger partial charge < -0.3 is 10.3 Å². The van der Waals surface area contributed by atoms with Crippen LogP contribution in [0.25, 0.3) is 21.8 Å². The standard InChI is InChI=1S/C24H21F2N2O/c1-2-3-5-15-8-9-19-22(12-15)28(14-16-10-17(25)13-18(26)11-16)21-7-4-6-20(23(19)21)24(27)29/h4,6-8,10-13H,2-3,5,14H2,1H3,(H2,27,29). The van der Waals surface area contributed by atoms with Crippen LogP contribution in [0.5, 0.6) is 0 Å². The zero-order valence-corrected chi connectivity index (χ0v) is 16.1. The molecule has 5 heteroatoms. The highest BCUT2D eigenvalue weighted by Gasteiger charge is 2.17. The van der Waals surface area contributed by atoms with E-state index in [4.69, 9.17) is 5.73 Å². The summed E-state index contributed by atoms with van der Waals surface area (Å²) in [5, 5.41) is 1.50. The zero-order chi connectivity index (χ0) is 20.5. The molecule has 1 aromatic heterocycles. The van der Waals surface area contributed by atoms with E-state index in [1.165, 1.54) is 12.1 Å². The number of halogens is 2. The molecule has 3 nitrogen and oxygen atoms in total. The van der Waals surface area contributed by atoms with E-state index in [1.807, 2.05) is 16.7 Å². The maximum Gasteiger partial charge on any atom is 0.249 e. The first-order valence-corrected chi connectivity index (χ1v) is 9.68. The number of nitrogens with two attached hydrogens (primary N) is 1. The van der Waals surface area contributed by atoms with Gasteiger partial charge in [-0.1, -0.05) is 25.5 Å². The summed E-state index contributed by atoms with van der Waals surface area (Å²) in [6.45, 7) is 2.40. The molecule has 1 radical (unpaired) electrons. The van der Waals surface area contributed by atoms with Gasteiger partial charge in [-0.05, 0) is 60.4 Å². The molecule has 0 unspecified atom stereocenters. The molecule has 0 aliphatic rings. The molecule has 0 fully saturated rings. The van der Waals surface area contributed by atoms with Crippen molar-refractivity contribution in [1.82, 2.24) is 4.57 Å². The lowest BCUT2D eigenvalue weighted by Gasteiger charge is -2.09. The van der Waals surface area contributed by atoms with Crippen molar-refractivity contribution < 1.29 is 13.6 Å². The number of benzene rings is 3. The van der Waals surface area contributed by atoms with Crippen LogP contribution in [0.2, 0.25) is 0 Å². The summed E-state index contributed by atoms with van der Waals surface area (Å²) in [5.74, 6) is -1.75. The number of fused-ring (bicyclic) bond motifs is 3. The van der Waals surface area contributed by atoms with Gasteiger partial charge >= 0.3 is 0 Å². The zero-order valence-electron chi connectivity index (χ0n) is 16.1. The van der Waals surface area contributed by atoms with E-state index >= 15 is 0 Å². The number of nitrogens with zero attached hydrogens (tertiary/aromatic N) is 1. The molecule has 0 bridgehead atoms. The summed E-state index contributed by atoms with van der Waals surface area (Å²) in [6.07, 6.45) is 3.05. The molecule has 4 rings (SSSR count). The Bertz CT molecular complexity index is 1210. The van der Waals surface area contributed by atoms with Crippen LogP contribution >= 0.6 is 0 Å². The van der Waals surface area contributed by atoms with Crippen molar-refractivity contribution in [2.75, 3.05) is 0 Å². The van der Waals surface area contributed by atoms with Crippen molar-refractivity contribution >= 4 is 27.7 Å². The van der Waals surface area contributed by atoms with Crippen molar-refractivity contribution in [3.63, 3.8) is 0 Å². The molecule has 4 aromatic rings. The number of hydrogen-bond donors (Lipinski definition) is 1. The number of aromatic nitrogens is 1. The number of carbonyl (C=O) groups is 1. The van der Waals surface area contributed by atoms with Crippen LogP contribution in [0.15, 0.2) is 48.5 Å². The number of carbonyl (C=O) groups excluding carboxylic acids is 1. The SMILES string of the molecule is CCCCc1c[c]c2c3c(C(N)=O)cccc3n(Cc3cc(F)cc(F)c3)c2c1. The third-order valence-electron chi connectivity index (χ3n) is 5.20. The van der Waals surface area contributed by atoms with Crippen LogP contribution in [0.3, 0.4) is 0 Å². The molecule has 1 amide bonds. The van der Waals surface area contributed by atoms with Gasteiger partial charge in [0, 0.05) is 28.9 Å². The minimum Gasteiger partial charge on any atom is -0.366 e. The number of rotatable bonds is 6. The second-order valence-corrected chi connectivity index (χ2v) is 7.30. The fourth-order valence-corrected chi connectivity index (χ4v) is 3.88. The van der Waals surface area contributed by atoms with Crippen LogP contribution in [-0.2, 0) is 13.0 Å². The second kappa shape index (κ2) is 7.66. The molecule has 0 saturated carbocycles. The Morgan fingerprint density at radius 1 is 1.07 bits per heavy atom. The third-order valence-corrected chi connectivity index (χ3v) is 5.20. The Labute approximate surface area is 167 Å². The number of primary amides is 1. The highest BCUT2D eigenvalue weighted by molar-refractivity contribution is 6.17. The number of hydrogen-bond acceptors (Lipinski definition) is 1. The lowest BCUT2D eigenvalue weighted by molar-refractivity contribution is 0.100. The Morgan fingerprint density at radius 2 is 1.83 bits per heavy atom. The van der Waals surface area contributed by atoms with E-state index in [-0.39, 0.29) is 6.54 Å². The second-order valence-electron chi connectivity index (χ2n) is 7.30. The van der Waals surface area contributed by atoms with Gasteiger partial charge in [-0.3, -0.25) is 4.79 Å². The van der Waals surface area contributed by atoms with Gasteiger partial charge in [0.2, 0.25) is 5.91 Å². The Hall–Kier alpha value is -3.21. The number of unbranched alkanes of at least 4 members (excludes halogenated alkanes) is 1. The molecule has 147 valence electrons. The molecule has 0 spiro atoms. The van der Waals surface area contributed by atoms with E-state index < -0.39 is 17.5 Å². The van der Waals surface area contributed by atoms with E-state index in [0.717, 1.165) is 47.3 Å². The van der Waals surface area contributed by atoms with E-state index in [1.54, 1.807) is 12.1 Å². The quantitative estimate of drug-likeness (QED) is 0.472. The van der Waals surface area contributed by atoms with Crippen LogP contribution < -0.4 is 5.73 Å². The van der Waals surface area contributed by atoms with Crippen LogP contribution in [-0.4, -0.2) is 10.5 Å². The molecule has 29 heavy (non-hydrogen) atoms. The van der Waals surface area contributed by atoms with Crippen molar-refractivity contribution in [2.45, 2.75) is 32.7 Å². The Balaban J connectivity index is 1.98. The van der Waals surface area contributed by atoms with Crippen molar-refractivity contribution in [1.29, 1.82) is 0 Å². The average Bonchev–Trinajstić information content (AvgIpc) is 2.99. The fourth-order valence-electron chi connectivity index (χ4n) is 3.88. The van der Waals surface area contributed by atoms with Gasteiger partial charge in [-0.2, -0.15) is 0 Å². The molecule has 0 aliphatic carbocycles. The Morgan fingerprint density at radius 3 is 2.52 bits per heavy atom. The summed E-state index contributed by atoms with van der Waals surface area (Å²) >= 11 is 0. The summed E-state index contributed by atoms with van der Waals surface area (Å²) < 4.78 is 29.5. The first kappa shape index (κ1) is 19.1. The van der Waals surface area contributed by atoms with Gasteiger partial charge in [-0.15, -0.1) is 0 Å². The van der Waals surface area contributed by atoms with Gasteiger partial charge in [0.05, 0.1) is 11.0 Å². The highest BCUT2D eigenvalue weighted by atomic mass is 19.1. The van der Waals surface area contributed by atoms with E-state index in [2.05, 4.69) is 19.1 Å². The van der Waals surface area contributed by atoms with E-state index in [0.29, 0.717) is 16.5 Å². The topological polar surface area (TPSA) is 48.0 Å². The number of aryl methyl sites for hydroxylation is 1. The van der Waals surface area contributed by atoms with Crippen LogP contribution in [0.1, 0.15) is 41.3 Å². The normalized spacial score (nSPS) is 11.4. The summed E-state index contributed by atoms with van der Waals surface area (Å²) in [5.41, 5.74) is 9.31. The predicted molar refractivity (Wildman–Crippen MR) is 111 cm³/mol.